The van der Waals surface area contributed by atoms with Gasteiger partial charge in [0.2, 0.25) is 6.20 Å². The molecule has 2 aromatic rings. The van der Waals surface area contributed by atoms with E-state index in [4.69, 9.17) is 0 Å². The Labute approximate surface area is 85.1 Å². The summed E-state index contributed by atoms with van der Waals surface area (Å²) in [5, 5.41) is 19.7. The minimum atomic E-state index is -0.310. The first kappa shape index (κ1) is 9.20. The molecule has 0 aliphatic heterocycles. The highest BCUT2D eigenvalue weighted by atomic mass is 16.5. The maximum Gasteiger partial charge on any atom is 0.259 e. The van der Waals surface area contributed by atoms with Crippen molar-refractivity contribution < 1.29 is 9.52 Å². The molecule has 0 unspecified atom stereocenters. The zero-order valence-electron chi connectivity index (χ0n) is 7.68. The largest absolute Gasteiger partial charge is 0.619 e. The van der Waals surface area contributed by atoms with Gasteiger partial charge in [-0.1, -0.05) is 0 Å². The molecule has 15 heavy (non-hydrogen) atoms. The van der Waals surface area contributed by atoms with Crippen LogP contribution in [0.4, 0.5) is 5.69 Å². The average molecular weight is 204 g/mol. The number of anilines is 1. The Kier molecular flexibility index (Phi) is 2.32. The fourth-order valence-corrected chi connectivity index (χ4v) is 1.11. The van der Waals surface area contributed by atoms with Gasteiger partial charge in [-0.15, -0.1) is 0 Å². The molecule has 0 spiro atoms. The Morgan fingerprint density at radius 1 is 1.60 bits per heavy atom. The molecular weight excluding hydrogens is 196 g/mol. The van der Waals surface area contributed by atoms with Crippen molar-refractivity contribution in [2.75, 3.05) is 5.32 Å². The molecule has 2 aromatic heterocycles. The molecule has 2 N–H and O–H groups in total. The number of nitrogens with zero attached hydrogens (tertiary/aromatic N) is 2. The van der Waals surface area contributed by atoms with Gasteiger partial charge >= 0.3 is 0 Å². The molecule has 2 heterocycles. The van der Waals surface area contributed by atoms with E-state index >= 15 is 0 Å². The molecule has 1 amide bonds. The van der Waals surface area contributed by atoms with Gasteiger partial charge in [-0.05, 0) is 6.07 Å². The molecule has 76 valence electrons. The van der Waals surface area contributed by atoms with Crippen LogP contribution in [0.25, 0.3) is 0 Å². The van der Waals surface area contributed by atoms with E-state index in [2.05, 4.69) is 15.5 Å². The maximum atomic E-state index is 11.5. The van der Waals surface area contributed by atoms with Gasteiger partial charge in [-0.25, -0.2) is 0 Å². The molecule has 0 saturated carbocycles. The number of aromatic nitrogens is 3. The molecule has 0 aliphatic carbocycles. The van der Waals surface area contributed by atoms with Gasteiger partial charge in [0.05, 0.1) is 11.8 Å². The maximum absolute atomic E-state index is 11.5. The van der Waals surface area contributed by atoms with E-state index in [1.807, 2.05) is 0 Å². The van der Waals surface area contributed by atoms with Crippen LogP contribution in [-0.2, 0) is 0 Å². The third-order valence-corrected chi connectivity index (χ3v) is 1.79. The van der Waals surface area contributed by atoms with Crippen LogP contribution >= 0.6 is 0 Å². The molecule has 6 heteroatoms. The van der Waals surface area contributed by atoms with E-state index in [0.29, 0.717) is 16.0 Å². The van der Waals surface area contributed by atoms with Crippen molar-refractivity contribution in [3.05, 3.63) is 47.7 Å². The number of pyridine rings is 1. The molecule has 6 nitrogen and oxygen atoms in total. The predicted octanol–water partition coefficient (Wildman–Crippen LogP) is 0.295. The number of aromatic amines is 1. The second kappa shape index (κ2) is 3.79. The molecule has 0 saturated heterocycles. The first-order chi connectivity index (χ1) is 7.25. The lowest BCUT2D eigenvalue weighted by Crippen LogP contribution is -2.25. The Balaban J connectivity index is 2.13. The van der Waals surface area contributed by atoms with Crippen LogP contribution < -0.4 is 10.0 Å². The fraction of sp³-hybridized carbons (Fsp3) is 0. The standard InChI is InChI=1S/C9H8N4O2/c14-9(7-4-10-11-5-7)12-8-2-1-3-13(15)6-8/h1-6H,(H,10,11)(H,12,14). The molecule has 0 bridgehead atoms. The predicted molar refractivity (Wildman–Crippen MR) is 51.9 cm³/mol. The number of nitrogens with one attached hydrogen (secondary N) is 2. The summed E-state index contributed by atoms with van der Waals surface area (Å²) in [7, 11) is 0. The van der Waals surface area contributed by atoms with Gasteiger partial charge in [0.15, 0.2) is 6.20 Å². The molecule has 0 radical (unpaired) electrons. The van der Waals surface area contributed by atoms with E-state index in [0.717, 1.165) is 0 Å². The Bertz CT molecular complexity index is 467. The summed E-state index contributed by atoms with van der Waals surface area (Å²) in [6.45, 7) is 0. The van der Waals surface area contributed by atoms with Gasteiger partial charge in [-0.2, -0.15) is 9.83 Å². The number of carbonyl (C=O) groups excluding carboxylic acids is 1. The Morgan fingerprint density at radius 3 is 3.13 bits per heavy atom. The van der Waals surface area contributed by atoms with Crippen LogP contribution in [0, 0.1) is 5.21 Å². The molecule has 0 atom stereocenters. The van der Waals surface area contributed by atoms with E-state index in [1.165, 1.54) is 24.8 Å². The van der Waals surface area contributed by atoms with Crippen LogP contribution in [-0.4, -0.2) is 16.1 Å². The third-order valence-electron chi connectivity index (χ3n) is 1.79. The zero-order valence-corrected chi connectivity index (χ0v) is 7.68. The first-order valence-electron chi connectivity index (χ1n) is 4.24. The van der Waals surface area contributed by atoms with E-state index in [-0.39, 0.29) is 5.91 Å². The topological polar surface area (TPSA) is 84.7 Å². The van der Waals surface area contributed by atoms with E-state index < -0.39 is 0 Å². The van der Waals surface area contributed by atoms with Crippen molar-refractivity contribution in [2.45, 2.75) is 0 Å². The van der Waals surface area contributed by atoms with Gasteiger partial charge in [0.25, 0.3) is 5.91 Å². The molecule has 0 aromatic carbocycles. The highest BCUT2D eigenvalue weighted by Crippen LogP contribution is 2.04. The van der Waals surface area contributed by atoms with Crippen LogP contribution in [0.1, 0.15) is 10.4 Å². The summed E-state index contributed by atoms with van der Waals surface area (Å²) in [5.41, 5.74) is 0.856. The van der Waals surface area contributed by atoms with Crippen molar-refractivity contribution >= 4 is 11.6 Å². The van der Waals surface area contributed by atoms with E-state index in [1.54, 1.807) is 12.1 Å². The number of rotatable bonds is 2. The molecule has 0 aliphatic rings. The fourth-order valence-electron chi connectivity index (χ4n) is 1.11. The summed E-state index contributed by atoms with van der Waals surface area (Å²) in [6.07, 6.45) is 5.50. The summed E-state index contributed by atoms with van der Waals surface area (Å²) in [4.78, 5) is 11.5. The Morgan fingerprint density at radius 2 is 2.47 bits per heavy atom. The lowest BCUT2D eigenvalue weighted by atomic mass is 10.3. The molecule has 2 rings (SSSR count). The van der Waals surface area contributed by atoms with Crippen molar-refractivity contribution in [1.29, 1.82) is 0 Å². The lowest BCUT2D eigenvalue weighted by molar-refractivity contribution is -0.604. The SMILES string of the molecule is O=C(Nc1ccc[n+]([O-])c1)c1cn[nH]c1. The molecule has 0 fully saturated rings. The number of hydrogen-bond acceptors (Lipinski definition) is 3. The summed E-state index contributed by atoms with van der Waals surface area (Å²) in [6, 6.07) is 3.18. The van der Waals surface area contributed by atoms with Crippen molar-refractivity contribution in [3.8, 4) is 0 Å². The monoisotopic (exact) mass is 204 g/mol. The zero-order chi connectivity index (χ0) is 10.7. The highest BCUT2D eigenvalue weighted by Gasteiger charge is 2.07. The second-order valence-electron chi connectivity index (χ2n) is 2.89. The minimum Gasteiger partial charge on any atom is -0.619 e. The van der Waals surface area contributed by atoms with Crippen molar-refractivity contribution in [2.24, 2.45) is 0 Å². The van der Waals surface area contributed by atoms with Crippen LogP contribution in [0.2, 0.25) is 0 Å². The van der Waals surface area contributed by atoms with Crippen LogP contribution in [0.5, 0.6) is 0 Å². The third kappa shape index (κ3) is 2.11. The van der Waals surface area contributed by atoms with Gasteiger partial charge < -0.3 is 10.5 Å². The molecular formula is C9H8N4O2. The summed E-state index contributed by atoms with van der Waals surface area (Å²) in [5.74, 6) is -0.310. The van der Waals surface area contributed by atoms with Crippen LogP contribution in [0.15, 0.2) is 36.9 Å². The van der Waals surface area contributed by atoms with Crippen molar-refractivity contribution in [1.82, 2.24) is 10.2 Å². The van der Waals surface area contributed by atoms with Crippen LogP contribution in [0.3, 0.4) is 0 Å². The van der Waals surface area contributed by atoms with Gasteiger partial charge in [0.1, 0.15) is 5.69 Å². The summed E-state index contributed by atoms with van der Waals surface area (Å²) < 4.78 is 0.616. The second-order valence-corrected chi connectivity index (χ2v) is 2.89. The number of amides is 1. The Hall–Kier alpha value is -2.37. The number of H-pyrrole nitrogens is 1. The van der Waals surface area contributed by atoms with Gasteiger partial charge in [-0.3, -0.25) is 9.89 Å². The highest BCUT2D eigenvalue weighted by molar-refractivity contribution is 6.03. The lowest BCUT2D eigenvalue weighted by Gasteiger charge is -2.02. The summed E-state index contributed by atoms with van der Waals surface area (Å²) >= 11 is 0. The normalized spacial score (nSPS) is 9.87. The van der Waals surface area contributed by atoms with Crippen molar-refractivity contribution in [3.63, 3.8) is 0 Å². The average Bonchev–Trinajstić information content (AvgIpc) is 2.70. The number of hydrogen-bond donors (Lipinski definition) is 2. The quantitative estimate of drug-likeness (QED) is 0.544. The number of carbonyl (C=O) groups is 1. The minimum absolute atomic E-state index is 0.310. The van der Waals surface area contributed by atoms with Gasteiger partial charge in [0, 0.05) is 12.3 Å². The first-order valence-corrected chi connectivity index (χ1v) is 4.24. The van der Waals surface area contributed by atoms with E-state index in [9.17, 15) is 10.0 Å². The smallest absolute Gasteiger partial charge is 0.259 e.